The summed E-state index contributed by atoms with van der Waals surface area (Å²) in [6.45, 7) is 0. The lowest BCUT2D eigenvalue weighted by atomic mass is 10.1. The minimum atomic E-state index is -5.15. The van der Waals surface area contributed by atoms with Crippen LogP contribution in [0.1, 0.15) is 5.56 Å². The number of carbonyl (C=O) groups is 1. The molecule has 7 heteroatoms. The lowest BCUT2D eigenvalue weighted by Crippen LogP contribution is -2.26. The Bertz CT molecular complexity index is 812. The van der Waals surface area contributed by atoms with Crippen molar-refractivity contribution in [2.75, 3.05) is 7.11 Å². The lowest BCUT2D eigenvalue weighted by Gasteiger charge is -2.09. The van der Waals surface area contributed by atoms with Gasteiger partial charge in [0, 0.05) is 11.8 Å². The van der Waals surface area contributed by atoms with Crippen LogP contribution in [0.15, 0.2) is 65.2 Å². The number of allylic oxidation sites excluding steroid dienone is 1. The fraction of sp³-hybridized carbons (Fsp3) is 0.111. The molecule has 0 saturated heterocycles. The second-order valence-corrected chi connectivity index (χ2v) is 4.89. The first-order valence-corrected chi connectivity index (χ1v) is 7.12. The van der Waals surface area contributed by atoms with E-state index in [1.807, 2.05) is 0 Å². The minimum Gasteiger partial charge on any atom is -0.506 e. The zero-order valence-corrected chi connectivity index (χ0v) is 13.1. The van der Waals surface area contributed by atoms with E-state index in [2.05, 4.69) is 4.99 Å². The first-order chi connectivity index (χ1) is 11.8. The Hall–Kier alpha value is -3.09. The number of nitrogens with zero attached hydrogens (tertiary/aromatic N) is 1. The molecule has 0 bridgehead atoms. The fourth-order valence-electron chi connectivity index (χ4n) is 2.00. The number of para-hydroxylation sites is 2. The van der Waals surface area contributed by atoms with Crippen LogP contribution in [-0.2, 0) is 4.79 Å². The molecule has 0 heterocycles. The van der Waals surface area contributed by atoms with Gasteiger partial charge in [-0.15, -0.1) is 0 Å². The van der Waals surface area contributed by atoms with Gasteiger partial charge in [-0.25, -0.2) is 0 Å². The highest BCUT2D eigenvalue weighted by molar-refractivity contribution is 6.20. The number of benzene rings is 2. The molecule has 0 aliphatic heterocycles. The van der Waals surface area contributed by atoms with E-state index in [1.165, 1.54) is 37.4 Å². The molecule has 25 heavy (non-hydrogen) atoms. The summed E-state index contributed by atoms with van der Waals surface area (Å²) < 4.78 is 43.6. The SMILES string of the molecule is COc1ccccc1N=C/C(C(=O)C(F)(F)F)=C(/O)c1ccccc1. The summed E-state index contributed by atoms with van der Waals surface area (Å²) in [4.78, 5) is 15.6. The number of alkyl halides is 3. The van der Waals surface area contributed by atoms with Gasteiger partial charge in [-0.2, -0.15) is 13.2 Å². The number of hydrogen-bond acceptors (Lipinski definition) is 4. The van der Waals surface area contributed by atoms with E-state index in [0.717, 1.165) is 0 Å². The first-order valence-electron chi connectivity index (χ1n) is 7.12. The van der Waals surface area contributed by atoms with Crippen LogP contribution in [0.25, 0.3) is 5.76 Å². The Morgan fingerprint density at radius 3 is 2.28 bits per heavy atom. The number of aliphatic imine (C=N–C) groups is 1. The summed E-state index contributed by atoms with van der Waals surface area (Å²) in [6, 6.07) is 13.8. The highest BCUT2D eigenvalue weighted by Gasteiger charge is 2.41. The maximum Gasteiger partial charge on any atom is 0.455 e. The average molecular weight is 349 g/mol. The molecule has 0 aliphatic carbocycles. The van der Waals surface area contributed by atoms with Crippen LogP contribution in [0.4, 0.5) is 18.9 Å². The minimum absolute atomic E-state index is 0.0709. The van der Waals surface area contributed by atoms with E-state index in [4.69, 9.17) is 4.74 Å². The van der Waals surface area contributed by atoms with E-state index < -0.39 is 23.3 Å². The van der Waals surface area contributed by atoms with Crippen LogP contribution in [-0.4, -0.2) is 30.4 Å². The summed E-state index contributed by atoms with van der Waals surface area (Å²) in [5, 5.41) is 10.2. The van der Waals surface area contributed by atoms with Crippen molar-refractivity contribution in [1.29, 1.82) is 0 Å². The predicted octanol–water partition coefficient (Wildman–Crippen LogP) is 4.50. The largest absolute Gasteiger partial charge is 0.506 e. The molecule has 0 unspecified atom stereocenters. The maximum absolute atomic E-state index is 12.9. The standard InChI is InChI=1S/C18H14F3NO3/c1-25-15-10-6-5-9-14(15)22-11-13(17(24)18(19,20)21)16(23)12-7-3-2-4-8-12/h2-11,23H,1H3/b16-13-,22-11?. The molecule has 0 radical (unpaired) electrons. The fourth-order valence-corrected chi connectivity index (χ4v) is 2.00. The smallest absolute Gasteiger partial charge is 0.455 e. The van der Waals surface area contributed by atoms with Gasteiger partial charge in [0.25, 0.3) is 5.78 Å². The Kier molecular flexibility index (Phi) is 5.59. The zero-order chi connectivity index (χ0) is 18.4. The quantitative estimate of drug-likeness (QED) is 0.491. The summed E-state index contributed by atoms with van der Waals surface area (Å²) in [5.41, 5.74) is -0.662. The van der Waals surface area contributed by atoms with Gasteiger partial charge in [-0.1, -0.05) is 42.5 Å². The maximum atomic E-state index is 12.9. The number of aliphatic hydroxyl groups excluding tert-OH is 1. The first kappa shape index (κ1) is 18.3. The Morgan fingerprint density at radius 2 is 1.68 bits per heavy atom. The predicted molar refractivity (Wildman–Crippen MR) is 88.2 cm³/mol. The Morgan fingerprint density at radius 1 is 1.08 bits per heavy atom. The molecule has 0 amide bonds. The molecular formula is C18H14F3NO3. The Balaban J connectivity index is 2.53. The summed E-state index contributed by atoms with van der Waals surface area (Å²) in [6.07, 6.45) is -4.46. The second-order valence-electron chi connectivity index (χ2n) is 4.89. The molecule has 0 fully saturated rings. The Labute approximate surface area is 141 Å². The van der Waals surface area contributed by atoms with Gasteiger partial charge in [0.05, 0.1) is 12.7 Å². The molecule has 0 spiro atoms. The van der Waals surface area contributed by atoms with Crippen LogP contribution in [0.5, 0.6) is 5.75 Å². The highest BCUT2D eigenvalue weighted by Crippen LogP contribution is 2.28. The van der Waals surface area contributed by atoms with Gasteiger partial charge in [0.1, 0.15) is 17.2 Å². The van der Waals surface area contributed by atoms with E-state index in [9.17, 15) is 23.1 Å². The van der Waals surface area contributed by atoms with Crippen molar-refractivity contribution in [3.05, 3.63) is 65.7 Å². The number of methoxy groups -OCH3 is 1. The third kappa shape index (κ3) is 4.47. The number of ether oxygens (including phenoxy) is 1. The van der Waals surface area contributed by atoms with E-state index >= 15 is 0 Å². The second kappa shape index (κ2) is 7.65. The van der Waals surface area contributed by atoms with Crippen LogP contribution < -0.4 is 4.74 Å². The molecule has 0 aliphatic rings. The van der Waals surface area contributed by atoms with Crippen molar-refractivity contribution >= 4 is 23.4 Å². The lowest BCUT2D eigenvalue weighted by molar-refractivity contribution is -0.165. The van der Waals surface area contributed by atoms with Gasteiger partial charge < -0.3 is 9.84 Å². The average Bonchev–Trinajstić information content (AvgIpc) is 2.61. The number of ketones is 1. The molecule has 2 aromatic rings. The number of aliphatic hydroxyl groups is 1. The van der Waals surface area contributed by atoms with Crippen LogP contribution in [0, 0.1) is 0 Å². The third-order valence-corrected chi connectivity index (χ3v) is 3.22. The summed E-state index contributed by atoms with van der Waals surface area (Å²) in [7, 11) is 1.38. The van der Waals surface area contributed by atoms with Crippen LogP contribution >= 0.6 is 0 Å². The van der Waals surface area contributed by atoms with E-state index in [0.29, 0.717) is 12.0 Å². The van der Waals surface area contributed by atoms with Gasteiger partial charge >= 0.3 is 6.18 Å². The number of rotatable bonds is 5. The van der Waals surface area contributed by atoms with Crippen LogP contribution in [0.3, 0.4) is 0 Å². The van der Waals surface area contributed by atoms with Crippen molar-refractivity contribution in [2.24, 2.45) is 4.99 Å². The summed E-state index contributed by atoms with van der Waals surface area (Å²) in [5.74, 6) is -2.68. The molecule has 1 N–H and O–H groups in total. The molecule has 2 aromatic carbocycles. The normalized spacial score (nSPS) is 12.8. The van der Waals surface area contributed by atoms with Crippen LogP contribution in [0.2, 0.25) is 0 Å². The van der Waals surface area contributed by atoms with Crippen molar-refractivity contribution in [3.63, 3.8) is 0 Å². The zero-order valence-electron chi connectivity index (χ0n) is 13.1. The van der Waals surface area contributed by atoms with Crippen molar-refractivity contribution < 1.29 is 27.8 Å². The number of hydrogen-bond donors (Lipinski definition) is 1. The number of Topliss-reactive ketones (excluding diaryl/α,β-unsaturated/α-hetero) is 1. The van der Waals surface area contributed by atoms with Crippen molar-refractivity contribution in [1.82, 2.24) is 0 Å². The molecule has 4 nitrogen and oxygen atoms in total. The van der Waals surface area contributed by atoms with Crippen molar-refractivity contribution in [2.45, 2.75) is 6.18 Å². The summed E-state index contributed by atoms with van der Waals surface area (Å²) >= 11 is 0. The molecule has 2 rings (SSSR count). The number of carbonyl (C=O) groups excluding carboxylic acids is 1. The topological polar surface area (TPSA) is 58.9 Å². The third-order valence-electron chi connectivity index (χ3n) is 3.22. The van der Waals surface area contributed by atoms with Gasteiger partial charge in [0.15, 0.2) is 0 Å². The van der Waals surface area contributed by atoms with Gasteiger partial charge in [-0.3, -0.25) is 9.79 Å². The molecule has 130 valence electrons. The van der Waals surface area contributed by atoms with Crippen molar-refractivity contribution in [3.8, 4) is 5.75 Å². The van der Waals surface area contributed by atoms with E-state index in [1.54, 1.807) is 24.3 Å². The highest BCUT2D eigenvalue weighted by atomic mass is 19.4. The van der Waals surface area contributed by atoms with E-state index in [-0.39, 0.29) is 11.3 Å². The molecule has 0 aromatic heterocycles. The molecule has 0 saturated carbocycles. The van der Waals surface area contributed by atoms with Gasteiger partial charge in [-0.05, 0) is 12.1 Å². The number of halogens is 3. The monoisotopic (exact) mass is 349 g/mol. The van der Waals surface area contributed by atoms with Gasteiger partial charge in [0.2, 0.25) is 0 Å². The molecular weight excluding hydrogens is 335 g/mol. The molecule has 0 atom stereocenters.